The molecule has 3 atom stereocenters. The molecule has 1 heterocycles. The topological polar surface area (TPSA) is 29.9 Å². The van der Waals surface area contributed by atoms with Gasteiger partial charge in [0, 0.05) is 24.8 Å². The highest BCUT2D eigenvalue weighted by Gasteiger charge is 2.33. The van der Waals surface area contributed by atoms with E-state index in [0.717, 1.165) is 24.4 Å². The largest absolute Gasteiger partial charge is 0.330 e. The van der Waals surface area contributed by atoms with Crippen molar-refractivity contribution in [1.82, 2.24) is 14.9 Å². The van der Waals surface area contributed by atoms with Crippen molar-refractivity contribution in [1.29, 1.82) is 0 Å². The minimum atomic E-state index is 0.674. The summed E-state index contributed by atoms with van der Waals surface area (Å²) in [5, 5.41) is 3.60. The maximum Gasteiger partial charge on any atom is 0.0951 e. The summed E-state index contributed by atoms with van der Waals surface area (Å²) in [5.74, 6) is 1.70. The number of nitrogens with one attached hydrogen (secondary N) is 1. The highest BCUT2D eigenvalue weighted by atomic mass is 15.1. The molecule has 2 aliphatic carbocycles. The molecule has 0 aromatic carbocycles. The predicted molar refractivity (Wildman–Crippen MR) is 73.3 cm³/mol. The summed E-state index contributed by atoms with van der Waals surface area (Å²) in [6, 6.07) is 1.45. The Kier molecular flexibility index (Phi) is 3.42. The van der Waals surface area contributed by atoms with E-state index in [1.807, 2.05) is 12.5 Å². The number of nitrogens with zero attached hydrogens (tertiary/aromatic N) is 2. The Morgan fingerprint density at radius 3 is 2.83 bits per heavy atom. The smallest absolute Gasteiger partial charge is 0.0951 e. The van der Waals surface area contributed by atoms with Crippen LogP contribution in [0.5, 0.6) is 0 Å². The molecule has 3 rings (SSSR count). The molecule has 3 unspecified atom stereocenters. The van der Waals surface area contributed by atoms with Gasteiger partial charge in [-0.2, -0.15) is 0 Å². The molecule has 0 spiro atoms. The Morgan fingerprint density at radius 2 is 2.17 bits per heavy atom. The Balaban J connectivity index is 1.69. The average Bonchev–Trinajstić information content (AvgIpc) is 2.97. The van der Waals surface area contributed by atoms with Crippen LogP contribution >= 0.6 is 0 Å². The van der Waals surface area contributed by atoms with Crippen LogP contribution in [0.25, 0.3) is 0 Å². The second-order valence-corrected chi connectivity index (χ2v) is 6.12. The number of aromatic nitrogens is 2. The molecule has 2 fully saturated rings. The second kappa shape index (κ2) is 5.04. The van der Waals surface area contributed by atoms with E-state index in [1.165, 1.54) is 37.8 Å². The average molecular weight is 247 g/mol. The van der Waals surface area contributed by atoms with Crippen molar-refractivity contribution in [2.45, 2.75) is 64.6 Å². The highest BCUT2D eigenvalue weighted by Crippen LogP contribution is 2.42. The molecular formula is C15H25N3. The fourth-order valence-corrected chi connectivity index (χ4v) is 3.50. The molecule has 0 aliphatic heterocycles. The number of imidazole rings is 1. The molecule has 0 radical (unpaired) electrons. The predicted octanol–water partition coefficient (Wildman–Crippen LogP) is 3.13. The normalized spacial score (nSPS) is 32.0. The van der Waals surface area contributed by atoms with E-state index in [0.29, 0.717) is 6.04 Å². The van der Waals surface area contributed by atoms with Gasteiger partial charge in [0.25, 0.3) is 0 Å². The van der Waals surface area contributed by atoms with Crippen molar-refractivity contribution in [3.63, 3.8) is 0 Å². The van der Waals surface area contributed by atoms with Crippen molar-refractivity contribution in [3.8, 4) is 0 Å². The molecule has 1 aromatic rings. The van der Waals surface area contributed by atoms with Crippen LogP contribution in [-0.4, -0.2) is 15.6 Å². The van der Waals surface area contributed by atoms with Crippen LogP contribution in [0, 0.1) is 11.8 Å². The van der Waals surface area contributed by atoms with Gasteiger partial charge in [-0.1, -0.05) is 20.3 Å². The van der Waals surface area contributed by atoms with Crippen molar-refractivity contribution >= 4 is 0 Å². The van der Waals surface area contributed by atoms with E-state index >= 15 is 0 Å². The van der Waals surface area contributed by atoms with E-state index < -0.39 is 0 Å². The molecule has 0 bridgehead atoms. The van der Waals surface area contributed by atoms with E-state index in [2.05, 4.69) is 28.7 Å². The summed E-state index contributed by atoms with van der Waals surface area (Å²) in [5.41, 5.74) is 1.37. The van der Waals surface area contributed by atoms with Crippen LogP contribution in [-0.2, 0) is 6.54 Å². The van der Waals surface area contributed by atoms with Gasteiger partial charge >= 0.3 is 0 Å². The summed E-state index contributed by atoms with van der Waals surface area (Å²) in [6.45, 7) is 5.74. The van der Waals surface area contributed by atoms with Crippen molar-refractivity contribution < 1.29 is 0 Å². The Labute approximate surface area is 110 Å². The molecule has 3 nitrogen and oxygen atoms in total. The molecule has 18 heavy (non-hydrogen) atoms. The van der Waals surface area contributed by atoms with Gasteiger partial charge in [-0.05, 0) is 37.5 Å². The third-order valence-corrected chi connectivity index (χ3v) is 4.96. The fourth-order valence-electron chi connectivity index (χ4n) is 3.50. The second-order valence-electron chi connectivity index (χ2n) is 6.12. The zero-order chi connectivity index (χ0) is 12.5. The zero-order valence-corrected chi connectivity index (χ0v) is 11.6. The molecule has 2 saturated carbocycles. The van der Waals surface area contributed by atoms with Crippen LogP contribution in [0.4, 0.5) is 0 Å². The lowest BCUT2D eigenvalue weighted by atomic mass is 9.93. The van der Waals surface area contributed by atoms with Crippen LogP contribution in [0.2, 0.25) is 0 Å². The van der Waals surface area contributed by atoms with Crippen molar-refractivity contribution in [2.24, 2.45) is 11.8 Å². The fraction of sp³-hybridized carbons (Fsp3) is 0.800. The molecule has 3 heteroatoms. The minimum absolute atomic E-state index is 0.674. The first-order valence-electron chi connectivity index (χ1n) is 7.53. The number of rotatable bonds is 5. The van der Waals surface area contributed by atoms with E-state index in [4.69, 9.17) is 0 Å². The van der Waals surface area contributed by atoms with Gasteiger partial charge in [0.05, 0.1) is 12.0 Å². The number of hydrogen-bond acceptors (Lipinski definition) is 2. The van der Waals surface area contributed by atoms with Crippen molar-refractivity contribution in [2.75, 3.05) is 0 Å². The van der Waals surface area contributed by atoms with E-state index in [1.54, 1.807) is 0 Å². The van der Waals surface area contributed by atoms with Crippen LogP contribution in [0.3, 0.4) is 0 Å². The van der Waals surface area contributed by atoms with Crippen molar-refractivity contribution in [3.05, 3.63) is 18.2 Å². The molecule has 0 amide bonds. The summed E-state index contributed by atoms with van der Waals surface area (Å²) >= 11 is 0. The summed E-state index contributed by atoms with van der Waals surface area (Å²) < 4.78 is 2.44. The van der Waals surface area contributed by atoms with Gasteiger partial charge in [-0.25, -0.2) is 4.98 Å². The van der Waals surface area contributed by atoms with Crippen LogP contribution in [0.15, 0.2) is 12.5 Å². The van der Waals surface area contributed by atoms with Crippen LogP contribution in [0.1, 0.15) is 57.7 Å². The number of hydrogen-bond donors (Lipinski definition) is 1. The molecular weight excluding hydrogens is 222 g/mol. The Bertz CT molecular complexity index is 394. The summed E-state index contributed by atoms with van der Waals surface area (Å²) in [6.07, 6.45) is 10.8. The highest BCUT2D eigenvalue weighted by molar-refractivity contribution is 5.03. The van der Waals surface area contributed by atoms with Gasteiger partial charge < -0.3 is 9.88 Å². The summed E-state index contributed by atoms with van der Waals surface area (Å²) in [7, 11) is 0. The third-order valence-electron chi connectivity index (χ3n) is 4.96. The Hall–Kier alpha value is -0.830. The molecule has 1 aromatic heterocycles. The zero-order valence-electron chi connectivity index (χ0n) is 11.6. The summed E-state index contributed by atoms with van der Waals surface area (Å²) in [4.78, 5) is 4.37. The quantitative estimate of drug-likeness (QED) is 0.866. The minimum Gasteiger partial charge on any atom is -0.330 e. The lowest BCUT2D eigenvalue weighted by Crippen LogP contribution is -2.21. The maximum atomic E-state index is 4.37. The first-order valence-corrected chi connectivity index (χ1v) is 7.53. The van der Waals surface area contributed by atoms with Crippen LogP contribution < -0.4 is 5.32 Å². The monoisotopic (exact) mass is 247 g/mol. The first-order chi connectivity index (χ1) is 8.79. The Morgan fingerprint density at radius 1 is 1.33 bits per heavy atom. The first kappa shape index (κ1) is 12.2. The standard InChI is InChI=1S/C15H25N3/c1-3-12-4-7-15(11(12)2)18-10-16-8-14(18)9-17-13-5-6-13/h8,10-13,15,17H,3-7,9H2,1-2H3. The third kappa shape index (κ3) is 2.33. The van der Waals surface area contributed by atoms with Gasteiger partial charge in [-0.3, -0.25) is 0 Å². The molecule has 0 saturated heterocycles. The molecule has 1 N–H and O–H groups in total. The molecule has 100 valence electrons. The maximum absolute atomic E-state index is 4.37. The van der Waals surface area contributed by atoms with E-state index in [9.17, 15) is 0 Å². The van der Waals surface area contributed by atoms with Gasteiger partial charge in [0.15, 0.2) is 0 Å². The lowest BCUT2D eigenvalue weighted by molar-refractivity contribution is 0.323. The van der Waals surface area contributed by atoms with E-state index in [-0.39, 0.29) is 0 Å². The van der Waals surface area contributed by atoms with Gasteiger partial charge in [0.2, 0.25) is 0 Å². The van der Waals surface area contributed by atoms with Gasteiger partial charge in [-0.15, -0.1) is 0 Å². The van der Waals surface area contributed by atoms with Gasteiger partial charge in [0.1, 0.15) is 0 Å². The lowest BCUT2D eigenvalue weighted by Gasteiger charge is -2.23. The molecule has 2 aliphatic rings. The SMILES string of the molecule is CCC1CCC(n2cncc2CNC2CC2)C1C.